The lowest BCUT2D eigenvalue weighted by Crippen LogP contribution is -2.54. The van der Waals surface area contributed by atoms with Gasteiger partial charge in [0.1, 0.15) is 0 Å². The van der Waals surface area contributed by atoms with Crippen LogP contribution in [0.1, 0.15) is 25.3 Å². The number of likely N-dealkylation sites (tertiary alicyclic amines) is 1. The molecule has 0 radical (unpaired) electrons. The van der Waals surface area contributed by atoms with E-state index in [1.54, 1.807) is 6.92 Å². The van der Waals surface area contributed by atoms with Crippen LogP contribution in [0.2, 0.25) is 0 Å². The summed E-state index contributed by atoms with van der Waals surface area (Å²) in [6.45, 7) is 2.33. The van der Waals surface area contributed by atoms with Crippen LogP contribution in [0.4, 0.5) is 4.79 Å². The van der Waals surface area contributed by atoms with Gasteiger partial charge in [-0.2, -0.15) is 0 Å². The molecule has 0 spiro atoms. The second kappa shape index (κ2) is 6.05. The summed E-state index contributed by atoms with van der Waals surface area (Å²) in [4.78, 5) is 25.7. The van der Waals surface area contributed by atoms with E-state index in [4.69, 9.17) is 9.47 Å². The van der Waals surface area contributed by atoms with Gasteiger partial charge >= 0.3 is 6.09 Å². The normalized spacial score (nSPS) is 22.7. The highest BCUT2D eigenvalue weighted by atomic mass is 16.6. The van der Waals surface area contributed by atoms with Gasteiger partial charge < -0.3 is 9.47 Å². The summed E-state index contributed by atoms with van der Waals surface area (Å²) in [7, 11) is 1.50. The van der Waals surface area contributed by atoms with Crippen molar-refractivity contribution in [3.63, 3.8) is 0 Å². The molecule has 1 saturated heterocycles. The van der Waals surface area contributed by atoms with E-state index in [1.165, 1.54) is 7.11 Å². The molecule has 108 valence electrons. The monoisotopic (exact) mass is 277 g/mol. The van der Waals surface area contributed by atoms with Crippen LogP contribution in [0.5, 0.6) is 0 Å². The molecule has 0 bridgehead atoms. The maximum atomic E-state index is 12.7. The van der Waals surface area contributed by atoms with E-state index in [9.17, 15) is 9.59 Å². The second-order valence-electron chi connectivity index (χ2n) is 4.66. The van der Waals surface area contributed by atoms with E-state index >= 15 is 0 Å². The summed E-state index contributed by atoms with van der Waals surface area (Å²) in [6.07, 6.45) is 0.643. The first-order valence-corrected chi connectivity index (χ1v) is 6.75. The number of amides is 2. The fraction of sp³-hybridized carbons (Fsp3) is 0.467. The third-order valence-corrected chi connectivity index (χ3v) is 3.58. The number of hydrogen-bond donors (Lipinski definition) is 0. The molecule has 0 aromatic heterocycles. The summed E-state index contributed by atoms with van der Waals surface area (Å²) in [6, 6.07) is 9.27. The van der Waals surface area contributed by atoms with Crippen LogP contribution in [-0.4, -0.2) is 37.2 Å². The summed E-state index contributed by atoms with van der Waals surface area (Å²) in [5.74, 6) is -0.351. The topological polar surface area (TPSA) is 55.8 Å². The molecule has 5 nitrogen and oxygen atoms in total. The van der Waals surface area contributed by atoms with E-state index in [-0.39, 0.29) is 12.5 Å². The van der Waals surface area contributed by atoms with Crippen LogP contribution >= 0.6 is 0 Å². The number of piperidine rings is 1. The lowest BCUT2D eigenvalue weighted by atomic mass is 9.84. The minimum Gasteiger partial charge on any atom is -0.449 e. The Labute approximate surface area is 118 Å². The molecule has 1 heterocycles. The number of benzene rings is 1. The Bertz CT molecular complexity index is 488. The molecule has 0 unspecified atom stereocenters. The van der Waals surface area contributed by atoms with Gasteiger partial charge in [-0.15, -0.1) is 0 Å². The average molecular weight is 277 g/mol. The molecule has 0 N–H and O–H groups in total. The van der Waals surface area contributed by atoms with Gasteiger partial charge in [0.25, 0.3) is 5.91 Å². The predicted octanol–water partition coefficient (Wildman–Crippen LogP) is 2.31. The number of carbonyl (C=O) groups is 2. The van der Waals surface area contributed by atoms with Crippen LogP contribution in [-0.2, 0) is 19.9 Å². The molecule has 20 heavy (non-hydrogen) atoms. The molecule has 0 saturated carbocycles. The standard InChI is InChI=1S/C15H19NO4/c1-3-20-14(18)16-11-7-10-15(19-2,13(16)17)12-8-5-4-6-9-12/h4-6,8-9H,3,7,10-11H2,1-2H3/t15-/m1/s1. The fourth-order valence-corrected chi connectivity index (χ4v) is 2.57. The number of carbonyl (C=O) groups excluding carboxylic acids is 2. The van der Waals surface area contributed by atoms with Crippen molar-refractivity contribution in [2.45, 2.75) is 25.4 Å². The second-order valence-corrected chi connectivity index (χ2v) is 4.66. The Hall–Kier alpha value is -1.88. The Morgan fingerprint density at radius 2 is 2.05 bits per heavy atom. The van der Waals surface area contributed by atoms with Gasteiger partial charge in [-0.25, -0.2) is 9.69 Å². The van der Waals surface area contributed by atoms with Crippen molar-refractivity contribution in [1.82, 2.24) is 4.90 Å². The lowest BCUT2D eigenvalue weighted by Gasteiger charge is -2.39. The smallest absolute Gasteiger partial charge is 0.416 e. The van der Waals surface area contributed by atoms with Gasteiger partial charge in [-0.3, -0.25) is 4.79 Å². The summed E-state index contributed by atoms with van der Waals surface area (Å²) in [5.41, 5.74) is -0.326. The molecular formula is C15H19NO4. The molecule has 2 rings (SSSR count). The zero-order valence-electron chi connectivity index (χ0n) is 11.8. The Kier molecular flexibility index (Phi) is 4.39. The van der Waals surface area contributed by atoms with Crippen LogP contribution in [0, 0.1) is 0 Å². The summed E-state index contributed by atoms with van der Waals surface area (Å²) >= 11 is 0. The minimum atomic E-state index is -1.09. The van der Waals surface area contributed by atoms with Gasteiger partial charge in [0.15, 0.2) is 5.60 Å². The zero-order chi connectivity index (χ0) is 14.6. The minimum absolute atomic E-state index is 0.244. The first kappa shape index (κ1) is 14.5. The van der Waals surface area contributed by atoms with E-state index in [2.05, 4.69) is 0 Å². The highest BCUT2D eigenvalue weighted by Crippen LogP contribution is 2.36. The molecule has 0 aliphatic carbocycles. The number of methoxy groups -OCH3 is 1. The highest BCUT2D eigenvalue weighted by Gasteiger charge is 2.48. The first-order valence-electron chi connectivity index (χ1n) is 6.75. The number of nitrogens with zero attached hydrogens (tertiary/aromatic N) is 1. The van der Waals surface area contributed by atoms with Crippen molar-refractivity contribution in [2.75, 3.05) is 20.3 Å². The maximum absolute atomic E-state index is 12.7. The quantitative estimate of drug-likeness (QED) is 0.850. The SMILES string of the molecule is CCOC(=O)N1CCC[C@@](OC)(c2ccccc2)C1=O. The molecule has 1 aliphatic rings. The number of rotatable bonds is 3. The van der Waals surface area contributed by atoms with Crippen LogP contribution in [0.25, 0.3) is 0 Å². The van der Waals surface area contributed by atoms with E-state index in [0.717, 1.165) is 10.5 Å². The van der Waals surface area contributed by atoms with Gasteiger partial charge in [0, 0.05) is 13.7 Å². The molecule has 1 aliphatic heterocycles. The van der Waals surface area contributed by atoms with Crippen LogP contribution < -0.4 is 0 Å². The van der Waals surface area contributed by atoms with Crippen molar-refractivity contribution in [3.8, 4) is 0 Å². The molecular weight excluding hydrogens is 258 g/mol. The molecule has 2 amide bonds. The van der Waals surface area contributed by atoms with Crippen molar-refractivity contribution in [1.29, 1.82) is 0 Å². The molecule has 1 fully saturated rings. The van der Waals surface area contributed by atoms with E-state index in [0.29, 0.717) is 19.4 Å². The van der Waals surface area contributed by atoms with Gasteiger partial charge in [0.05, 0.1) is 6.61 Å². The maximum Gasteiger partial charge on any atom is 0.416 e. The van der Waals surface area contributed by atoms with Gasteiger partial charge in [-0.05, 0) is 25.3 Å². The largest absolute Gasteiger partial charge is 0.449 e. The lowest BCUT2D eigenvalue weighted by molar-refractivity contribution is -0.160. The highest BCUT2D eigenvalue weighted by molar-refractivity contribution is 5.98. The zero-order valence-corrected chi connectivity index (χ0v) is 11.8. The Morgan fingerprint density at radius 3 is 2.65 bits per heavy atom. The van der Waals surface area contributed by atoms with Crippen LogP contribution in [0.15, 0.2) is 30.3 Å². The number of imide groups is 1. The molecule has 1 atom stereocenters. The molecule has 1 aromatic rings. The van der Waals surface area contributed by atoms with Gasteiger partial charge in [0.2, 0.25) is 0 Å². The van der Waals surface area contributed by atoms with Gasteiger partial charge in [-0.1, -0.05) is 30.3 Å². The third kappa shape index (κ3) is 2.41. The Morgan fingerprint density at radius 1 is 1.35 bits per heavy atom. The van der Waals surface area contributed by atoms with Crippen molar-refractivity contribution in [3.05, 3.63) is 35.9 Å². The predicted molar refractivity (Wildman–Crippen MR) is 73.1 cm³/mol. The summed E-state index contributed by atoms with van der Waals surface area (Å²) < 4.78 is 10.5. The first-order chi connectivity index (χ1) is 9.65. The fourth-order valence-electron chi connectivity index (χ4n) is 2.57. The average Bonchev–Trinajstić information content (AvgIpc) is 2.49. The number of hydrogen-bond acceptors (Lipinski definition) is 4. The van der Waals surface area contributed by atoms with E-state index < -0.39 is 11.7 Å². The van der Waals surface area contributed by atoms with Crippen molar-refractivity contribution < 1.29 is 19.1 Å². The third-order valence-electron chi connectivity index (χ3n) is 3.58. The van der Waals surface area contributed by atoms with E-state index in [1.807, 2.05) is 30.3 Å². The molecule has 1 aromatic carbocycles. The van der Waals surface area contributed by atoms with Crippen LogP contribution in [0.3, 0.4) is 0 Å². The Balaban J connectivity index is 2.34. The number of ether oxygens (including phenoxy) is 2. The van der Waals surface area contributed by atoms with Crippen molar-refractivity contribution in [2.24, 2.45) is 0 Å². The summed E-state index contributed by atoms with van der Waals surface area (Å²) in [5, 5.41) is 0. The molecule has 5 heteroatoms. The van der Waals surface area contributed by atoms with Crippen molar-refractivity contribution >= 4 is 12.0 Å².